The summed E-state index contributed by atoms with van der Waals surface area (Å²) in [7, 11) is 1.57. The van der Waals surface area contributed by atoms with Crippen LogP contribution in [0.5, 0.6) is 5.75 Å². The summed E-state index contributed by atoms with van der Waals surface area (Å²) in [6.07, 6.45) is 0.535. The lowest BCUT2D eigenvalue weighted by atomic mass is 10.1. The van der Waals surface area contributed by atoms with E-state index in [-0.39, 0.29) is 24.8 Å². The third kappa shape index (κ3) is 7.21. The molecule has 0 saturated heterocycles. The molecular weight excluding hydrogens is 420 g/mol. The van der Waals surface area contributed by atoms with Crippen LogP contribution >= 0.6 is 0 Å². The first-order chi connectivity index (χ1) is 16.1. The minimum absolute atomic E-state index is 0.0550. The van der Waals surface area contributed by atoms with Crippen molar-refractivity contribution in [2.24, 2.45) is 0 Å². The first kappa shape index (κ1) is 23.5. The predicted octanol–water partition coefficient (Wildman–Crippen LogP) is 4.13. The van der Waals surface area contributed by atoms with E-state index < -0.39 is 12.0 Å². The van der Waals surface area contributed by atoms with Crippen LogP contribution in [0.25, 0.3) is 0 Å². The van der Waals surface area contributed by atoms with Crippen molar-refractivity contribution in [1.82, 2.24) is 5.32 Å². The predicted molar refractivity (Wildman–Crippen MR) is 125 cm³/mol. The number of anilines is 1. The number of nitrogens with one attached hydrogen (secondary N) is 2. The average molecular weight is 447 g/mol. The summed E-state index contributed by atoms with van der Waals surface area (Å²) in [5, 5.41) is 5.52. The van der Waals surface area contributed by atoms with Crippen molar-refractivity contribution in [3.63, 3.8) is 0 Å². The molecule has 0 aliphatic rings. The van der Waals surface area contributed by atoms with Gasteiger partial charge in [-0.05, 0) is 48.4 Å². The number of hydrogen-bond donors (Lipinski definition) is 2. The third-order valence-corrected chi connectivity index (χ3v) is 4.85. The van der Waals surface area contributed by atoms with Gasteiger partial charge in [-0.3, -0.25) is 9.59 Å². The summed E-state index contributed by atoms with van der Waals surface area (Å²) < 4.78 is 10.5. The Morgan fingerprint density at radius 1 is 0.848 bits per heavy atom. The highest BCUT2D eigenvalue weighted by molar-refractivity contribution is 5.97. The Bertz CT molecular complexity index is 1050. The molecule has 2 amide bonds. The lowest BCUT2D eigenvalue weighted by molar-refractivity contribution is -0.146. The minimum atomic E-state index is -0.952. The number of benzene rings is 3. The largest absolute Gasteiger partial charge is 0.497 e. The zero-order valence-corrected chi connectivity index (χ0v) is 18.3. The number of carbonyl (C=O) groups is 3. The Hall–Kier alpha value is -4.13. The van der Waals surface area contributed by atoms with Gasteiger partial charge in [-0.2, -0.15) is 0 Å². The SMILES string of the molecule is COc1ccc(NC(=O)CCCOC(=O)C(NC(=O)c2ccccc2)c2ccccc2)cc1. The molecule has 3 aromatic rings. The maximum Gasteiger partial charge on any atom is 0.333 e. The molecule has 0 spiro atoms. The molecule has 0 fully saturated rings. The van der Waals surface area contributed by atoms with Crippen LogP contribution in [0.1, 0.15) is 34.8 Å². The lowest BCUT2D eigenvalue weighted by Crippen LogP contribution is -2.35. The molecule has 0 radical (unpaired) electrons. The summed E-state index contributed by atoms with van der Waals surface area (Å²) in [6.45, 7) is 0.0550. The van der Waals surface area contributed by atoms with Gasteiger partial charge in [0.05, 0.1) is 13.7 Å². The highest BCUT2D eigenvalue weighted by Gasteiger charge is 2.24. The maximum atomic E-state index is 12.8. The molecule has 1 atom stereocenters. The fourth-order valence-corrected chi connectivity index (χ4v) is 3.11. The van der Waals surface area contributed by atoms with Gasteiger partial charge in [0, 0.05) is 17.7 Å². The van der Waals surface area contributed by atoms with Crippen molar-refractivity contribution in [3.8, 4) is 5.75 Å². The summed E-state index contributed by atoms with van der Waals surface area (Å²) in [5.74, 6) is -0.443. The monoisotopic (exact) mass is 446 g/mol. The van der Waals surface area contributed by atoms with E-state index in [0.29, 0.717) is 29.0 Å². The van der Waals surface area contributed by atoms with Crippen LogP contribution in [0.4, 0.5) is 5.69 Å². The molecule has 0 heterocycles. The number of rotatable bonds is 10. The molecule has 0 aliphatic carbocycles. The number of esters is 1. The van der Waals surface area contributed by atoms with E-state index in [1.807, 2.05) is 12.1 Å². The first-order valence-electron chi connectivity index (χ1n) is 10.6. The molecule has 0 saturated carbocycles. The van der Waals surface area contributed by atoms with Gasteiger partial charge in [0.15, 0.2) is 6.04 Å². The minimum Gasteiger partial charge on any atom is -0.497 e. The van der Waals surface area contributed by atoms with Gasteiger partial charge in [0.1, 0.15) is 5.75 Å². The Balaban J connectivity index is 1.51. The molecule has 0 bridgehead atoms. The van der Waals surface area contributed by atoms with Gasteiger partial charge in [-0.15, -0.1) is 0 Å². The molecule has 33 heavy (non-hydrogen) atoms. The van der Waals surface area contributed by atoms with Crippen molar-refractivity contribution >= 4 is 23.5 Å². The van der Waals surface area contributed by atoms with Crippen LogP contribution in [0.2, 0.25) is 0 Å². The van der Waals surface area contributed by atoms with E-state index in [2.05, 4.69) is 10.6 Å². The van der Waals surface area contributed by atoms with Gasteiger partial charge >= 0.3 is 5.97 Å². The van der Waals surface area contributed by atoms with Gasteiger partial charge < -0.3 is 20.1 Å². The second-order valence-corrected chi connectivity index (χ2v) is 7.23. The third-order valence-electron chi connectivity index (χ3n) is 4.85. The van der Waals surface area contributed by atoms with Crippen LogP contribution in [0.15, 0.2) is 84.9 Å². The molecule has 0 aliphatic heterocycles. The highest BCUT2D eigenvalue weighted by atomic mass is 16.5. The first-order valence-corrected chi connectivity index (χ1v) is 10.6. The maximum absolute atomic E-state index is 12.8. The fraction of sp³-hybridized carbons (Fsp3) is 0.192. The summed E-state index contributed by atoms with van der Waals surface area (Å²) in [5.41, 5.74) is 1.72. The van der Waals surface area contributed by atoms with Crippen molar-refractivity contribution in [1.29, 1.82) is 0 Å². The second kappa shape index (κ2) is 12.0. The normalized spacial score (nSPS) is 11.2. The molecule has 7 heteroatoms. The van der Waals surface area contributed by atoms with E-state index in [1.54, 1.807) is 79.9 Å². The van der Waals surface area contributed by atoms with Crippen LogP contribution < -0.4 is 15.4 Å². The van der Waals surface area contributed by atoms with E-state index in [9.17, 15) is 14.4 Å². The molecule has 170 valence electrons. The summed E-state index contributed by atoms with van der Waals surface area (Å²) in [4.78, 5) is 37.5. The molecule has 0 aromatic heterocycles. The number of hydrogen-bond acceptors (Lipinski definition) is 5. The molecule has 3 aromatic carbocycles. The number of carbonyl (C=O) groups excluding carboxylic acids is 3. The standard InChI is InChI=1S/C26H26N2O5/c1-32-22-16-14-21(15-17-22)27-23(29)13-8-18-33-26(31)24(19-9-4-2-5-10-19)28-25(30)20-11-6-3-7-12-20/h2-7,9-12,14-17,24H,8,13,18H2,1H3,(H,27,29)(H,28,30). The molecule has 7 nitrogen and oxygen atoms in total. The van der Waals surface area contributed by atoms with Crippen molar-refractivity contribution in [3.05, 3.63) is 96.1 Å². The Kier molecular flexibility index (Phi) is 8.59. The fourth-order valence-electron chi connectivity index (χ4n) is 3.11. The lowest BCUT2D eigenvalue weighted by Gasteiger charge is -2.18. The van der Waals surface area contributed by atoms with Crippen molar-refractivity contribution < 1.29 is 23.9 Å². The van der Waals surface area contributed by atoms with Crippen LogP contribution in [-0.4, -0.2) is 31.5 Å². The summed E-state index contributed by atoms with van der Waals surface area (Å²) in [6, 6.07) is 23.6. The zero-order valence-electron chi connectivity index (χ0n) is 18.3. The van der Waals surface area contributed by atoms with Crippen LogP contribution in [0.3, 0.4) is 0 Å². The Morgan fingerprint density at radius 3 is 2.12 bits per heavy atom. The van der Waals surface area contributed by atoms with Gasteiger partial charge in [0.25, 0.3) is 5.91 Å². The van der Waals surface area contributed by atoms with Crippen molar-refractivity contribution in [2.75, 3.05) is 19.0 Å². The van der Waals surface area contributed by atoms with E-state index in [4.69, 9.17) is 9.47 Å². The van der Waals surface area contributed by atoms with Crippen LogP contribution in [0, 0.1) is 0 Å². The van der Waals surface area contributed by atoms with Crippen LogP contribution in [-0.2, 0) is 14.3 Å². The van der Waals surface area contributed by atoms with Crippen molar-refractivity contribution in [2.45, 2.75) is 18.9 Å². The van der Waals surface area contributed by atoms with Gasteiger partial charge in [0.2, 0.25) is 5.91 Å². The highest BCUT2D eigenvalue weighted by Crippen LogP contribution is 2.17. The quantitative estimate of drug-likeness (QED) is 0.361. The molecule has 3 rings (SSSR count). The second-order valence-electron chi connectivity index (χ2n) is 7.23. The summed E-state index contributed by atoms with van der Waals surface area (Å²) >= 11 is 0. The average Bonchev–Trinajstić information content (AvgIpc) is 2.86. The molecule has 2 N–H and O–H groups in total. The number of methoxy groups -OCH3 is 1. The smallest absolute Gasteiger partial charge is 0.333 e. The number of ether oxygens (including phenoxy) is 2. The molecule has 1 unspecified atom stereocenters. The zero-order chi connectivity index (χ0) is 23.5. The van der Waals surface area contributed by atoms with Gasteiger partial charge in [-0.25, -0.2) is 4.79 Å². The molecular formula is C26H26N2O5. The van der Waals surface area contributed by atoms with E-state index >= 15 is 0 Å². The van der Waals surface area contributed by atoms with E-state index in [1.165, 1.54) is 0 Å². The van der Waals surface area contributed by atoms with E-state index in [0.717, 1.165) is 0 Å². The number of amides is 2. The Labute approximate surface area is 192 Å². The topological polar surface area (TPSA) is 93.7 Å². The van der Waals surface area contributed by atoms with Gasteiger partial charge in [-0.1, -0.05) is 48.5 Å². The Morgan fingerprint density at radius 2 is 1.48 bits per heavy atom.